The van der Waals surface area contributed by atoms with Gasteiger partial charge in [-0.15, -0.1) is 0 Å². The van der Waals surface area contributed by atoms with Crippen molar-refractivity contribution in [3.05, 3.63) is 64.1 Å². The zero-order chi connectivity index (χ0) is 21.1. The average Bonchev–Trinajstić information content (AvgIpc) is 3.10. The summed E-state index contributed by atoms with van der Waals surface area (Å²) in [6.07, 6.45) is 3.52. The molecule has 1 fully saturated rings. The van der Waals surface area contributed by atoms with Gasteiger partial charge < -0.3 is 10.3 Å². The second-order valence-corrected chi connectivity index (χ2v) is 8.03. The molecule has 1 aliphatic rings. The number of nitrogens with one attached hydrogen (secondary N) is 2. The number of aromatic amines is 1. The number of benzene rings is 2. The van der Waals surface area contributed by atoms with Crippen molar-refractivity contribution in [2.24, 2.45) is 0 Å². The minimum absolute atomic E-state index is 0.0355. The largest absolute Gasteiger partial charge is 0.326 e. The average molecular weight is 407 g/mol. The molecule has 4 rings (SSSR count). The first kappa shape index (κ1) is 20.4. The van der Waals surface area contributed by atoms with Crippen LogP contribution in [0.1, 0.15) is 43.9 Å². The second kappa shape index (κ2) is 8.88. The van der Waals surface area contributed by atoms with Gasteiger partial charge in [0, 0.05) is 24.8 Å². The summed E-state index contributed by atoms with van der Waals surface area (Å²) in [6.45, 7) is 6.22. The van der Waals surface area contributed by atoms with Crippen LogP contribution in [0.15, 0.2) is 47.3 Å². The molecule has 0 spiro atoms. The Bertz CT molecular complexity index is 1070. The summed E-state index contributed by atoms with van der Waals surface area (Å²) in [4.78, 5) is 30.3. The third-order valence-electron chi connectivity index (χ3n) is 6.18. The fraction of sp³-hybridized carbons (Fsp3) is 0.417. The highest BCUT2D eigenvalue weighted by Gasteiger charge is 2.24. The van der Waals surface area contributed by atoms with E-state index in [1.165, 1.54) is 11.1 Å². The summed E-state index contributed by atoms with van der Waals surface area (Å²) in [5, 5.41) is 3.16. The highest BCUT2D eigenvalue weighted by molar-refractivity contribution is 5.93. The number of likely N-dealkylation sites (tertiary alicyclic amines) is 1. The van der Waals surface area contributed by atoms with E-state index in [-0.39, 0.29) is 17.6 Å². The maximum absolute atomic E-state index is 12.7. The molecule has 0 atom stereocenters. The van der Waals surface area contributed by atoms with E-state index in [2.05, 4.69) is 47.2 Å². The third kappa shape index (κ3) is 4.05. The highest BCUT2D eigenvalue weighted by atomic mass is 16.2. The third-order valence-corrected chi connectivity index (χ3v) is 6.18. The van der Waals surface area contributed by atoms with Crippen LogP contribution < -0.4 is 11.0 Å². The lowest BCUT2D eigenvalue weighted by molar-refractivity contribution is -0.117. The van der Waals surface area contributed by atoms with Crippen LogP contribution in [0.4, 0.5) is 5.69 Å². The molecule has 30 heavy (non-hydrogen) atoms. The van der Waals surface area contributed by atoms with E-state index in [0.29, 0.717) is 6.54 Å². The van der Waals surface area contributed by atoms with Gasteiger partial charge in [0.1, 0.15) is 0 Å². The number of fused-ring (bicyclic) bond motifs is 1. The van der Waals surface area contributed by atoms with Gasteiger partial charge in [0.15, 0.2) is 0 Å². The number of aromatic nitrogens is 2. The van der Waals surface area contributed by atoms with E-state index < -0.39 is 0 Å². The smallest absolute Gasteiger partial charge is 0.324 e. The van der Waals surface area contributed by atoms with Crippen LogP contribution in [-0.4, -0.2) is 40.0 Å². The van der Waals surface area contributed by atoms with Crippen molar-refractivity contribution in [2.75, 3.05) is 25.0 Å². The van der Waals surface area contributed by atoms with E-state index in [9.17, 15) is 9.59 Å². The molecule has 3 aromatic rings. The van der Waals surface area contributed by atoms with Crippen molar-refractivity contribution in [1.82, 2.24) is 14.5 Å². The number of carbonyl (C=O) groups excluding carboxylic acids is 1. The summed E-state index contributed by atoms with van der Waals surface area (Å²) in [5.41, 5.74) is 5.14. The first-order valence-corrected chi connectivity index (χ1v) is 10.9. The van der Waals surface area contributed by atoms with Crippen LogP contribution >= 0.6 is 0 Å². The number of carbonyl (C=O) groups is 1. The molecule has 6 nitrogen and oxygen atoms in total. The van der Waals surface area contributed by atoms with Gasteiger partial charge in [-0.3, -0.25) is 14.3 Å². The molecular formula is C24H30N4O2. The first-order chi connectivity index (χ1) is 14.6. The van der Waals surface area contributed by atoms with E-state index in [1.807, 2.05) is 28.8 Å². The molecule has 2 heterocycles. The van der Waals surface area contributed by atoms with Crippen LogP contribution in [-0.2, 0) is 17.6 Å². The van der Waals surface area contributed by atoms with Crippen molar-refractivity contribution in [2.45, 2.75) is 45.6 Å². The molecule has 1 aromatic heterocycles. The van der Waals surface area contributed by atoms with E-state index >= 15 is 0 Å². The topological polar surface area (TPSA) is 70.1 Å². The van der Waals surface area contributed by atoms with Gasteiger partial charge >= 0.3 is 5.69 Å². The number of anilines is 1. The zero-order valence-electron chi connectivity index (χ0n) is 17.8. The molecule has 1 saturated heterocycles. The fourth-order valence-electron chi connectivity index (χ4n) is 4.56. The molecule has 0 aliphatic carbocycles. The predicted molar refractivity (Wildman–Crippen MR) is 121 cm³/mol. The lowest BCUT2D eigenvalue weighted by atomic mass is 10.0. The van der Waals surface area contributed by atoms with Gasteiger partial charge in [-0.1, -0.05) is 44.2 Å². The van der Waals surface area contributed by atoms with Crippen molar-refractivity contribution in [3.63, 3.8) is 0 Å². The molecule has 2 aromatic carbocycles. The normalized spacial score (nSPS) is 15.5. The number of nitrogens with zero attached hydrogens (tertiary/aromatic N) is 2. The Morgan fingerprint density at radius 3 is 2.37 bits per heavy atom. The molecule has 0 radical (unpaired) electrons. The van der Waals surface area contributed by atoms with Gasteiger partial charge in [0.05, 0.1) is 17.6 Å². The first-order valence-electron chi connectivity index (χ1n) is 10.9. The second-order valence-electron chi connectivity index (χ2n) is 8.03. The number of hydrogen-bond acceptors (Lipinski definition) is 3. The Labute approximate surface area is 176 Å². The van der Waals surface area contributed by atoms with Gasteiger partial charge in [-0.05, 0) is 48.9 Å². The van der Waals surface area contributed by atoms with Crippen molar-refractivity contribution >= 4 is 22.6 Å². The summed E-state index contributed by atoms with van der Waals surface area (Å²) in [7, 11) is 0. The quantitative estimate of drug-likeness (QED) is 0.655. The van der Waals surface area contributed by atoms with Crippen molar-refractivity contribution < 1.29 is 4.79 Å². The Kier molecular flexibility index (Phi) is 6.04. The molecule has 1 amide bonds. The molecule has 0 bridgehead atoms. The van der Waals surface area contributed by atoms with Crippen molar-refractivity contribution in [3.8, 4) is 0 Å². The van der Waals surface area contributed by atoms with E-state index in [4.69, 9.17) is 0 Å². The Hall–Kier alpha value is -2.86. The number of piperidine rings is 1. The lowest BCUT2D eigenvalue weighted by Crippen LogP contribution is -2.41. The van der Waals surface area contributed by atoms with Crippen molar-refractivity contribution in [1.29, 1.82) is 0 Å². The zero-order valence-corrected chi connectivity index (χ0v) is 17.8. The monoisotopic (exact) mass is 406 g/mol. The standard InChI is InChI=1S/C24H30N4O2/c1-3-17-8-7-9-18(4-2)23(17)26-22(29)16-27-14-12-19(13-15-27)28-21-11-6-5-10-20(21)25-24(28)30/h5-11,19H,3-4,12-16H2,1-2H3,(H,25,30)(H,26,29). The van der Waals surface area contributed by atoms with E-state index in [0.717, 1.165) is 55.5 Å². The van der Waals surface area contributed by atoms with Gasteiger partial charge in [-0.25, -0.2) is 4.79 Å². The van der Waals surface area contributed by atoms with Crippen LogP contribution in [0.2, 0.25) is 0 Å². The summed E-state index contributed by atoms with van der Waals surface area (Å²) >= 11 is 0. The highest BCUT2D eigenvalue weighted by Crippen LogP contribution is 2.25. The molecule has 0 saturated carbocycles. The summed E-state index contributed by atoms with van der Waals surface area (Å²) in [5.74, 6) is 0.0355. The van der Waals surface area contributed by atoms with Gasteiger partial charge in [-0.2, -0.15) is 0 Å². The van der Waals surface area contributed by atoms with Gasteiger partial charge in [0.2, 0.25) is 5.91 Å². The molecular weight excluding hydrogens is 376 g/mol. The Balaban J connectivity index is 1.39. The molecule has 1 aliphatic heterocycles. The van der Waals surface area contributed by atoms with Crippen LogP contribution in [0.3, 0.4) is 0 Å². The van der Waals surface area contributed by atoms with Crippen LogP contribution in [0, 0.1) is 0 Å². The maximum atomic E-state index is 12.7. The molecule has 6 heteroatoms. The summed E-state index contributed by atoms with van der Waals surface area (Å²) in [6, 6.07) is 14.2. The number of H-pyrrole nitrogens is 1. The SMILES string of the molecule is CCc1cccc(CC)c1NC(=O)CN1CCC(n2c(=O)[nH]c3ccccc32)CC1. The lowest BCUT2D eigenvalue weighted by Gasteiger charge is -2.32. The minimum Gasteiger partial charge on any atom is -0.324 e. The van der Waals surface area contributed by atoms with Crippen LogP contribution in [0.5, 0.6) is 0 Å². The predicted octanol–water partition coefficient (Wildman–Crippen LogP) is 3.73. The Morgan fingerprint density at radius 1 is 1.03 bits per heavy atom. The minimum atomic E-state index is -0.0457. The molecule has 0 unspecified atom stereocenters. The maximum Gasteiger partial charge on any atom is 0.326 e. The molecule has 158 valence electrons. The number of para-hydroxylation sites is 3. The van der Waals surface area contributed by atoms with E-state index in [1.54, 1.807) is 0 Å². The number of hydrogen-bond donors (Lipinski definition) is 2. The Morgan fingerprint density at radius 2 is 1.70 bits per heavy atom. The molecule has 2 N–H and O–H groups in total. The number of amides is 1. The number of aryl methyl sites for hydroxylation is 2. The van der Waals surface area contributed by atoms with Gasteiger partial charge in [0.25, 0.3) is 0 Å². The fourth-order valence-corrected chi connectivity index (χ4v) is 4.56. The number of imidazole rings is 1. The van der Waals surface area contributed by atoms with Crippen LogP contribution in [0.25, 0.3) is 11.0 Å². The summed E-state index contributed by atoms with van der Waals surface area (Å²) < 4.78 is 1.89. The number of rotatable bonds is 6.